The van der Waals surface area contributed by atoms with Gasteiger partial charge in [-0.1, -0.05) is 39.7 Å². The minimum absolute atomic E-state index is 0.00827. The lowest BCUT2D eigenvalue weighted by molar-refractivity contribution is -0.384. The molecule has 3 aromatic rings. The number of rotatable bonds is 4. The van der Waals surface area contributed by atoms with Crippen molar-refractivity contribution in [2.75, 3.05) is 0 Å². The van der Waals surface area contributed by atoms with E-state index in [4.69, 9.17) is 16.0 Å². The van der Waals surface area contributed by atoms with E-state index < -0.39 is 4.92 Å². The summed E-state index contributed by atoms with van der Waals surface area (Å²) in [6.07, 6.45) is 1.71. The van der Waals surface area contributed by atoms with Gasteiger partial charge in [-0.15, -0.1) is 10.2 Å². The Morgan fingerprint density at radius 2 is 1.96 bits per heavy atom. The fourth-order valence-corrected chi connectivity index (χ4v) is 2.59. The highest BCUT2D eigenvalue weighted by molar-refractivity contribution is 9.10. The van der Waals surface area contributed by atoms with Gasteiger partial charge in [0, 0.05) is 22.2 Å². The Morgan fingerprint density at radius 3 is 2.62 bits per heavy atom. The van der Waals surface area contributed by atoms with Crippen LogP contribution in [0.1, 0.15) is 11.5 Å². The quantitative estimate of drug-likeness (QED) is 0.442. The van der Waals surface area contributed by atoms with Gasteiger partial charge in [0.15, 0.2) is 0 Å². The normalized spacial score (nSPS) is 11.5. The highest BCUT2D eigenvalue weighted by Gasteiger charge is 2.13. The molecule has 0 spiro atoms. The van der Waals surface area contributed by atoms with Crippen molar-refractivity contribution < 1.29 is 9.34 Å². The zero-order valence-electron chi connectivity index (χ0n) is 12.0. The molecule has 0 N–H and O–H groups in total. The van der Waals surface area contributed by atoms with Gasteiger partial charge in [0.25, 0.3) is 11.6 Å². The first-order valence-electron chi connectivity index (χ1n) is 6.74. The van der Waals surface area contributed by atoms with Gasteiger partial charge < -0.3 is 4.42 Å². The van der Waals surface area contributed by atoms with Gasteiger partial charge in [-0.25, -0.2) is 0 Å². The first kappa shape index (κ1) is 16.4. The summed E-state index contributed by atoms with van der Waals surface area (Å²) < 4.78 is 6.46. The van der Waals surface area contributed by atoms with E-state index in [1.54, 1.807) is 18.2 Å². The van der Waals surface area contributed by atoms with Gasteiger partial charge in [0.2, 0.25) is 5.89 Å². The molecule has 8 heteroatoms. The van der Waals surface area contributed by atoms with Crippen molar-refractivity contribution in [3.63, 3.8) is 0 Å². The molecule has 0 saturated carbocycles. The Labute approximate surface area is 150 Å². The number of halogens is 2. The molecule has 0 atom stereocenters. The van der Waals surface area contributed by atoms with Crippen molar-refractivity contribution in [2.24, 2.45) is 0 Å². The number of aromatic nitrogens is 2. The molecule has 3 rings (SSSR count). The second kappa shape index (κ2) is 6.94. The van der Waals surface area contributed by atoms with Crippen LogP contribution in [0.5, 0.6) is 0 Å². The molecule has 2 aromatic carbocycles. The van der Waals surface area contributed by atoms with Crippen LogP contribution in [0.15, 0.2) is 57.4 Å². The van der Waals surface area contributed by atoms with Crippen LogP contribution in [0.3, 0.4) is 0 Å². The van der Waals surface area contributed by atoms with E-state index in [0.717, 1.165) is 10.0 Å². The molecule has 0 amide bonds. The summed E-state index contributed by atoms with van der Waals surface area (Å²) in [5.74, 6) is 0.408. The summed E-state index contributed by atoms with van der Waals surface area (Å²) in [5.41, 5.74) is 1.45. The predicted octanol–water partition coefficient (Wildman–Crippen LogP) is 5.14. The standard InChI is InChI=1S/C16H9BrClN3O3/c17-12-3-1-2-10(8-12)9-14(18)16-20-19-15(24-16)11-4-6-13(7-5-11)21(22)23/h1-9H/b14-9-. The lowest BCUT2D eigenvalue weighted by atomic mass is 10.2. The maximum absolute atomic E-state index is 10.7. The summed E-state index contributed by atoms with van der Waals surface area (Å²) in [6, 6.07) is 13.4. The van der Waals surface area contributed by atoms with Gasteiger partial charge in [-0.2, -0.15) is 0 Å². The summed E-state index contributed by atoms with van der Waals surface area (Å²) in [4.78, 5) is 10.2. The second-order valence-corrected chi connectivity index (χ2v) is 6.09. The molecular weight excluding hydrogens is 398 g/mol. The third-order valence-electron chi connectivity index (χ3n) is 3.10. The van der Waals surface area contributed by atoms with Crippen LogP contribution in [0.25, 0.3) is 22.6 Å². The van der Waals surface area contributed by atoms with Crippen molar-refractivity contribution in [2.45, 2.75) is 0 Å². The van der Waals surface area contributed by atoms with Crippen molar-refractivity contribution in [3.8, 4) is 11.5 Å². The van der Waals surface area contributed by atoms with E-state index >= 15 is 0 Å². The van der Waals surface area contributed by atoms with Crippen molar-refractivity contribution >= 4 is 44.3 Å². The molecule has 0 radical (unpaired) electrons. The Hall–Kier alpha value is -2.51. The molecule has 120 valence electrons. The monoisotopic (exact) mass is 405 g/mol. The van der Waals surface area contributed by atoms with E-state index in [0.29, 0.717) is 10.6 Å². The largest absolute Gasteiger partial charge is 0.415 e. The molecule has 1 aromatic heterocycles. The Kier molecular flexibility index (Phi) is 4.73. The number of hydrogen-bond donors (Lipinski definition) is 0. The summed E-state index contributed by atoms with van der Waals surface area (Å²) in [6.45, 7) is 0. The number of benzene rings is 2. The van der Waals surface area contributed by atoms with Crippen molar-refractivity contribution in [1.82, 2.24) is 10.2 Å². The first-order valence-corrected chi connectivity index (χ1v) is 7.91. The van der Waals surface area contributed by atoms with Crippen LogP contribution in [0.4, 0.5) is 5.69 Å². The third kappa shape index (κ3) is 3.69. The topological polar surface area (TPSA) is 82.1 Å². The second-order valence-electron chi connectivity index (χ2n) is 4.76. The van der Waals surface area contributed by atoms with Crippen LogP contribution < -0.4 is 0 Å². The zero-order chi connectivity index (χ0) is 17.1. The highest BCUT2D eigenvalue weighted by atomic mass is 79.9. The Morgan fingerprint density at radius 1 is 1.21 bits per heavy atom. The Bertz CT molecular complexity index is 922. The SMILES string of the molecule is O=[N+]([O-])c1ccc(-c2nnc(/C(Cl)=C/c3cccc(Br)c3)o2)cc1. The number of non-ortho nitro benzene ring substituents is 1. The van der Waals surface area contributed by atoms with E-state index in [1.807, 2.05) is 24.3 Å². The molecule has 1 heterocycles. The smallest absolute Gasteiger partial charge is 0.269 e. The first-order chi connectivity index (χ1) is 11.5. The molecule has 0 fully saturated rings. The highest BCUT2D eigenvalue weighted by Crippen LogP contribution is 2.26. The molecule has 24 heavy (non-hydrogen) atoms. The third-order valence-corrected chi connectivity index (χ3v) is 3.86. The van der Waals surface area contributed by atoms with Crippen LogP contribution in [0, 0.1) is 10.1 Å². The van der Waals surface area contributed by atoms with E-state index in [-0.39, 0.29) is 17.5 Å². The molecular formula is C16H9BrClN3O3. The summed E-state index contributed by atoms with van der Waals surface area (Å²) in [7, 11) is 0. The van der Waals surface area contributed by atoms with Gasteiger partial charge in [0.1, 0.15) is 5.03 Å². The number of nitro groups is 1. The molecule has 0 saturated heterocycles. The minimum Gasteiger partial charge on any atom is -0.415 e. The maximum Gasteiger partial charge on any atom is 0.269 e. The van der Waals surface area contributed by atoms with Crippen LogP contribution in [-0.2, 0) is 0 Å². The zero-order valence-corrected chi connectivity index (χ0v) is 14.4. The van der Waals surface area contributed by atoms with E-state index in [1.165, 1.54) is 12.1 Å². The van der Waals surface area contributed by atoms with E-state index in [2.05, 4.69) is 26.1 Å². The molecule has 6 nitrogen and oxygen atoms in total. The lowest BCUT2D eigenvalue weighted by Crippen LogP contribution is -1.87. The number of nitro benzene ring substituents is 1. The maximum atomic E-state index is 10.7. The van der Waals surface area contributed by atoms with Crippen molar-refractivity contribution in [1.29, 1.82) is 0 Å². The van der Waals surface area contributed by atoms with Gasteiger partial charge >= 0.3 is 0 Å². The predicted molar refractivity (Wildman–Crippen MR) is 94.3 cm³/mol. The Balaban J connectivity index is 1.86. The molecule has 0 bridgehead atoms. The lowest BCUT2D eigenvalue weighted by Gasteiger charge is -1.96. The fraction of sp³-hybridized carbons (Fsp3) is 0. The minimum atomic E-state index is -0.472. The van der Waals surface area contributed by atoms with Gasteiger partial charge in [-0.3, -0.25) is 10.1 Å². The molecule has 0 aliphatic carbocycles. The molecule has 0 aliphatic heterocycles. The molecule has 0 unspecified atom stereocenters. The van der Waals surface area contributed by atoms with Crippen LogP contribution >= 0.6 is 27.5 Å². The average Bonchev–Trinajstić information content (AvgIpc) is 3.05. The van der Waals surface area contributed by atoms with Gasteiger partial charge in [-0.05, 0) is 35.9 Å². The summed E-state index contributed by atoms with van der Waals surface area (Å²) in [5, 5.41) is 18.8. The van der Waals surface area contributed by atoms with E-state index in [9.17, 15) is 10.1 Å². The molecule has 0 aliphatic rings. The van der Waals surface area contributed by atoms with Crippen LogP contribution in [-0.4, -0.2) is 15.1 Å². The number of nitrogens with zero attached hydrogens (tertiary/aromatic N) is 3. The number of hydrogen-bond acceptors (Lipinski definition) is 5. The van der Waals surface area contributed by atoms with Crippen LogP contribution in [0.2, 0.25) is 0 Å². The van der Waals surface area contributed by atoms with Crippen molar-refractivity contribution in [3.05, 3.63) is 74.6 Å². The average molecular weight is 407 g/mol. The van der Waals surface area contributed by atoms with Gasteiger partial charge in [0.05, 0.1) is 4.92 Å². The summed E-state index contributed by atoms with van der Waals surface area (Å²) >= 11 is 9.61. The fourth-order valence-electron chi connectivity index (χ4n) is 1.97.